The van der Waals surface area contributed by atoms with Gasteiger partial charge in [-0.3, -0.25) is 0 Å². The van der Waals surface area contributed by atoms with Gasteiger partial charge in [0, 0.05) is 5.02 Å². The Morgan fingerprint density at radius 1 is 1.50 bits per heavy atom. The molecule has 1 rings (SSSR count). The molecule has 0 aliphatic rings. The van der Waals surface area contributed by atoms with Gasteiger partial charge in [0.2, 0.25) is 0 Å². The van der Waals surface area contributed by atoms with Crippen molar-refractivity contribution in [1.82, 2.24) is 5.48 Å². The fraction of sp³-hybridized carbons (Fsp3) is 0.250. The maximum atomic E-state index is 8.80. The van der Waals surface area contributed by atoms with Crippen molar-refractivity contribution in [2.45, 2.75) is 6.04 Å². The molecule has 0 saturated heterocycles. The summed E-state index contributed by atoms with van der Waals surface area (Å²) in [7, 11) is 0. The largest absolute Gasteiger partial charge is 0.394 e. The highest BCUT2D eigenvalue weighted by Crippen LogP contribution is 2.16. The van der Waals surface area contributed by atoms with Crippen LogP contribution in [-0.2, 0) is 0 Å². The van der Waals surface area contributed by atoms with Crippen LogP contribution in [-0.4, -0.2) is 16.9 Å². The number of nitrogens with one attached hydrogen (secondary N) is 1. The van der Waals surface area contributed by atoms with E-state index in [-0.39, 0.29) is 6.61 Å². The summed E-state index contributed by atoms with van der Waals surface area (Å²) in [5.41, 5.74) is 2.74. The highest BCUT2D eigenvalue weighted by Gasteiger charge is 2.07. The molecule has 0 fully saturated rings. The van der Waals surface area contributed by atoms with Crippen LogP contribution in [0.4, 0.5) is 0 Å². The van der Waals surface area contributed by atoms with E-state index in [0.29, 0.717) is 5.02 Å². The number of rotatable bonds is 3. The first-order valence-corrected chi connectivity index (χ1v) is 3.91. The zero-order chi connectivity index (χ0) is 8.97. The fourth-order valence-electron chi connectivity index (χ4n) is 0.944. The molecule has 0 saturated carbocycles. The molecule has 66 valence electrons. The molecular formula is C8H10ClNO2. The van der Waals surface area contributed by atoms with Gasteiger partial charge in [0.15, 0.2) is 0 Å². The van der Waals surface area contributed by atoms with Crippen molar-refractivity contribution < 1.29 is 10.3 Å². The Morgan fingerprint density at radius 2 is 2.25 bits per heavy atom. The summed E-state index contributed by atoms with van der Waals surface area (Å²) >= 11 is 5.71. The van der Waals surface area contributed by atoms with E-state index in [9.17, 15) is 0 Å². The van der Waals surface area contributed by atoms with E-state index in [4.69, 9.17) is 21.9 Å². The first kappa shape index (κ1) is 9.48. The molecule has 12 heavy (non-hydrogen) atoms. The predicted octanol–water partition coefficient (Wildman–Crippen LogP) is 1.35. The molecule has 0 aliphatic heterocycles. The third-order valence-corrected chi connectivity index (χ3v) is 1.82. The van der Waals surface area contributed by atoms with Crippen LogP contribution in [0.3, 0.4) is 0 Å². The summed E-state index contributed by atoms with van der Waals surface area (Å²) in [6.07, 6.45) is 0. The number of aliphatic hydroxyl groups excluding tert-OH is 1. The summed E-state index contributed by atoms with van der Waals surface area (Å²) in [5, 5.41) is 18.0. The lowest BCUT2D eigenvalue weighted by molar-refractivity contribution is 0.0906. The van der Waals surface area contributed by atoms with Crippen LogP contribution in [0.15, 0.2) is 24.3 Å². The summed E-state index contributed by atoms with van der Waals surface area (Å²) in [6.45, 7) is -0.170. The van der Waals surface area contributed by atoms with Crippen molar-refractivity contribution in [3.8, 4) is 0 Å². The van der Waals surface area contributed by atoms with Gasteiger partial charge >= 0.3 is 0 Å². The van der Waals surface area contributed by atoms with Crippen LogP contribution in [0.25, 0.3) is 0 Å². The van der Waals surface area contributed by atoms with Gasteiger partial charge in [-0.1, -0.05) is 23.7 Å². The van der Waals surface area contributed by atoms with Crippen LogP contribution < -0.4 is 5.48 Å². The van der Waals surface area contributed by atoms with Crippen molar-refractivity contribution in [1.29, 1.82) is 0 Å². The van der Waals surface area contributed by atoms with Crippen LogP contribution in [0.1, 0.15) is 11.6 Å². The first-order valence-electron chi connectivity index (χ1n) is 3.54. The number of hydrogen-bond donors (Lipinski definition) is 3. The monoisotopic (exact) mass is 187 g/mol. The first-order chi connectivity index (χ1) is 5.77. The van der Waals surface area contributed by atoms with Gasteiger partial charge in [0.25, 0.3) is 0 Å². The van der Waals surface area contributed by atoms with E-state index in [1.165, 1.54) is 0 Å². The van der Waals surface area contributed by atoms with Gasteiger partial charge in [0.1, 0.15) is 0 Å². The van der Waals surface area contributed by atoms with Crippen LogP contribution in [0.5, 0.6) is 0 Å². The average Bonchev–Trinajstić information content (AvgIpc) is 2.07. The Kier molecular flexibility index (Phi) is 3.49. The Labute approximate surface area is 75.6 Å². The lowest BCUT2D eigenvalue weighted by Crippen LogP contribution is -2.20. The topological polar surface area (TPSA) is 52.5 Å². The molecule has 3 N–H and O–H groups in total. The number of aliphatic hydroxyl groups is 1. The van der Waals surface area contributed by atoms with Gasteiger partial charge in [-0.2, -0.15) is 5.48 Å². The molecule has 0 aliphatic carbocycles. The number of halogens is 1. The van der Waals surface area contributed by atoms with E-state index >= 15 is 0 Å². The summed E-state index contributed by atoms with van der Waals surface area (Å²) in [6, 6.07) is 6.49. The molecule has 0 amide bonds. The normalized spacial score (nSPS) is 12.9. The standard InChI is InChI=1S/C8H10ClNO2/c9-7-3-1-2-6(4-7)8(5-11)10-12/h1-4,8,10-12H,5H2/t8-/m0/s1. The molecule has 3 nitrogen and oxygen atoms in total. The smallest absolute Gasteiger partial charge is 0.0800 e. The average molecular weight is 188 g/mol. The zero-order valence-electron chi connectivity index (χ0n) is 6.37. The molecule has 0 aromatic heterocycles. The summed E-state index contributed by atoms with van der Waals surface area (Å²) in [5.74, 6) is 0. The second-order valence-electron chi connectivity index (χ2n) is 2.42. The van der Waals surface area contributed by atoms with E-state index in [2.05, 4.69) is 0 Å². The van der Waals surface area contributed by atoms with Crippen molar-refractivity contribution in [2.24, 2.45) is 0 Å². The number of hydroxylamine groups is 1. The molecular weight excluding hydrogens is 178 g/mol. The Balaban J connectivity index is 2.85. The fourth-order valence-corrected chi connectivity index (χ4v) is 1.14. The molecule has 0 bridgehead atoms. The van der Waals surface area contributed by atoms with E-state index in [0.717, 1.165) is 5.56 Å². The molecule has 4 heteroatoms. The van der Waals surface area contributed by atoms with Gasteiger partial charge < -0.3 is 10.3 Å². The van der Waals surface area contributed by atoms with Gasteiger partial charge in [-0.15, -0.1) is 0 Å². The number of hydrogen-bond acceptors (Lipinski definition) is 3. The Hall–Kier alpha value is -0.610. The summed E-state index contributed by atoms with van der Waals surface area (Å²) < 4.78 is 0. The van der Waals surface area contributed by atoms with Gasteiger partial charge in [-0.05, 0) is 17.7 Å². The van der Waals surface area contributed by atoms with E-state index < -0.39 is 6.04 Å². The summed E-state index contributed by atoms with van der Waals surface area (Å²) in [4.78, 5) is 0. The minimum absolute atomic E-state index is 0.170. The van der Waals surface area contributed by atoms with Gasteiger partial charge in [-0.25, -0.2) is 0 Å². The lowest BCUT2D eigenvalue weighted by atomic mass is 10.1. The molecule has 0 unspecified atom stereocenters. The van der Waals surface area contributed by atoms with Crippen LogP contribution in [0.2, 0.25) is 5.02 Å². The third kappa shape index (κ3) is 2.19. The minimum Gasteiger partial charge on any atom is -0.394 e. The zero-order valence-corrected chi connectivity index (χ0v) is 7.12. The van der Waals surface area contributed by atoms with Crippen molar-refractivity contribution in [2.75, 3.05) is 6.61 Å². The quantitative estimate of drug-likeness (QED) is 0.627. The molecule has 1 atom stereocenters. The Morgan fingerprint density at radius 3 is 2.75 bits per heavy atom. The highest BCUT2D eigenvalue weighted by molar-refractivity contribution is 6.30. The SMILES string of the molecule is OC[C@H](NO)c1cccc(Cl)c1. The molecule has 1 aromatic rings. The van der Waals surface area contributed by atoms with Crippen molar-refractivity contribution in [3.63, 3.8) is 0 Å². The predicted molar refractivity (Wildman–Crippen MR) is 46.2 cm³/mol. The minimum atomic E-state index is -0.469. The second kappa shape index (κ2) is 4.42. The van der Waals surface area contributed by atoms with E-state index in [1.807, 2.05) is 5.48 Å². The molecule has 0 heterocycles. The van der Waals surface area contributed by atoms with Crippen molar-refractivity contribution in [3.05, 3.63) is 34.9 Å². The lowest BCUT2D eigenvalue weighted by Gasteiger charge is -2.11. The van der Waals surface area contributed by atoms with E-state index in [1.54, 1.807) is 24.3 Å². The van der Waals surface area contributed by atoms with Crippen LogP contribution >= 0.6 is 11.6 Å². The van der Waals surface area contributed by atoms with Gasteiger partial charge in [0.05, 0.1) is 12.6 Å². The van der Waals surface area contributed by atoms with Crippen LogP contribution in [0, 0.1) is 0 Å². The molecule has 0 spiro atoms. The molecule has 0 radical (unpaired) electrons. The Bertz CT molecular complexity index is 251. The maximum absolute atomic E-state index is 8.80. The maximum Gasteiger partial charge on any atom is 0.0800 e. The number of benzene rings is 1. The third-order valence-electron chi connectivity index (χ3n) is 1.59. The van der Waals surface area contributed by atoms with Crippen molar-refractivity contribution >= 4 is 11.6 Å². The molecule has 1 aromatic carbocycles. The highest BCUT2D eigenvalue weighted by atomic mass is 35.5. The second-order valence-corrected chi connectivity index (χ2v) is 2.86.